The average molecular weight is 372 g/mol. The Labute approximate surface area is 135 Å². The summed E-state index contributed by atoms with van der Waals surface area (Å²) in [7, 11) is 0. The van der Waals surface area contributed by atoms with Crippen LogP contribution in [0.15, 0.2) is 33.9 Å². The van der Waals surface area contributed by atoms with Crippen LogP contribution in [0.3, 0.4) is 0 Å². The number of nitrogens with zero attached hydrogens (tertiary/aromatic N) is 2. The molecular weight excluding hydrogens is 357 g/mol. The average Bonchev–Trinajstić information content (AvgIpc) is 2.48. The molecule has 1 aromatic heterocycles. The second-order valence-electron chi connectivity index (χ2n) is 4.18. The number of hydrogen-bond donors (Lipinski definition) is 1. The smallest absolute Gasteiger partial charge is 0.225 e. The van der Waals surface area contributed by atoms with Gasteiger partial charge in [0, 0.05) is 12.6 Å². The predicted octanol–water partition coefficient (Wildman–Crippen LogP) is 4.71. The minimum atomic E-state index is -0.327. The van der Waals surface area contributed by atoms with Crippen molar-refractivity contribution >= 4 is 33.5 Å². The summed E-state index contributed by atoms with van der Waals surface area (Å²) in [5, 5.41) is 3.82. The van der Waals surface area contributed by atoms with E-state index in [0.717, 1.165) is 13.0 Å². The quantitative estimate of drug-likeness (QED) is 0.588. The maximum Gasteiger partial charge on any atom is 0.225 e. The van der Waals surface area contributed by atoms with Crippen LogP contribution in [0.4, 0.5) is 10.2 Å². The zero-order chi connectivity index (χ0) is 15.2. The minimum absolute atomic E-state index is 0.327. The lowest BCUT2D eigenvalue weighted by atomic mass is 10.3. The Morgan fingerprint density at radius 1 is 1.33 bits per heavy atom. The molecule has 0 aliphatic carbocycles. The number of hydrogen-bond acceptors (Lipinski definition) is 5. The fourth-order valence-corrected chi connectivity index (χ4v) is 2.36. The molecule has 0 bridgehead atoms. The van der Waals surface area contributed by atoms with Crippen LogP contribution in [0, 0.1) is 5.82 Å². The van der Waals surface area contributed by atoms with Crippen LogP contribution < -0.4 is 10.1 Å². The third-order valence-corrected chi connectivity index (χ3v) is 3.70. The molecule has 4 nitrogen and oxygen atoms in total. The highest BCUT2D eigenvalue weighted by Crippen LogP contribution is 2.30. The van der Waals surface area contributed by atoms with Crippen LogP contribution in [-0.2, 0) is 0 Å². The van der Waals surface area contributed by atoms with Crippen molar-refractivity contribution in [1.82, 2.24) is 9.97 Å². The number of benzene rings is 1. The second kappa shape index (κ2) is 7.61. The van der Waals surface area contributed by atoms with Crippen LogP contribution in [0.1, 0.15) is 13.3 Å². The summed E-state index contributed by atoms with van der Waals surface area (Å²) in [5.41, 5.74) is 0. The molecule has 0 unspecified atom stereocenters. The third kappa shape index (κ3) is 4.57. The molecule has 0 radical (unpaired) electrons. The molecule has 0 fully saturated rings. The van der Waals surface area contributed by atoms with E-state index in [9.17, 15) is 4.39 Å². The van der Waals surface area contributed by atoms with Gasteiger partial charge in [-0.25, -0.2) is 9.37 Å². The molecule has 112 valence electrons. The number of halogens is 2. The highest BCUT2D eigenvalue weighted by atomic mass is 79.9. The monoisotopic (exact) mass is 371 g/mol. The first-order valence-corrected chi connectivity index (χ1v) is 8.44. The van der Waals surface area contributed by atoms with Crippen molar-refractivity contribution in [3.63, 3.8) is 0 Å². The normalized spacial score (nSPS) is 10.5. The van der Waals surface area contributed by atoms with Crippen LogP contribution in [0.2, 0.25) is 0 Å². The van der Waals surface area contributed by atoms with Gasteiger partial charge in [-0.3, -0.25) is 0 Å². The van der Waals surface area contributed by atoms with E-state index in [2.05, 4.69) is 38.1 Å². The number of anilines is 1. The molecule has 0 saturated heterocycles. The molecule has 1 N–H and O–H groups in total. The minimum Gasteiger partial charge on any atom is -0.438 e. The van der Waals surface area contributed by atoms with E-state index < -0.39 is 0 Å². The Hall–Kier alpha value is -1.34. The standard InChI is InChI=1S/C14H15BrFN3OS/c1-3-6-17-12-8-13(19-14(18-12)21-2)20-11-5-4-9(16)7-10(11)15/h4-5,7-8H,3,6H2,1-2H3,(H,17,18,19). The summed E-state index contributed by atoms with van der Waals surface area (Å²) >= 11 is 4.71. The van der Waals surface area contributed by atoms with Crippen LogP contribution in [0.25, 0.3) is 0 Å². The van der Waals surface area contributed by atoms with Crippen molar-refractivity contribution in [3.05, 3.63) is 34.6 Å². The molecule has 0 spiro atoms. The maximum atomic E-state index is 13.1. The number of ether oxygens (including phenoxy) is 1. The Morgan fingerprint density at radius 2 is 2.14 bits per heavy atom. The van der Waals surface area contributed by atoms with E-state index in [0.29, 0.717) is 27.1 Å². The van der Waals surface area contributed by atoms with Gasteiger partial charge >= 0.3 is 0 Å². The van der Waals surface area contributed by atoms with Gasteiger partial charge in [-0.05, 0) is 46.8 Å². The summed E-state index contributed by atoms with van der Waals surface area (Å²) < 4.78 is 19.3. The van der Waals surface area contributed by atoms with Gasteiger partial charge in [0.1, 0.15) is 17.4 Å². The van der Waals surface area contributed by atoms with Gasteiger partial charge in [-0.1, -0.05) is 18.7 Å². The summed E-state index contributed by atoms with van der Waals surface area (Å²) in [6.07, 6.45) is 2.90. The molecule has 1 aromatic carbocycles. The number of thioether (sulfide) groups is 1. The SMILES string of the molecule is CCCNc1cc(Oc2ccc(F)cc2Br)nc(SC)n1. The lowest BCUT2D eigenvalue weighted by Gasteiger charge is -2.10. The van der Waals surface area contributed by atoms with E-state index in [1.165, 1.54) is 23.9 Å². The molecule has 21 heavy (non-hydrogen) atoms. The molecule has 0 atom stereocenters. The van der Waals surface area contributed by atoms with Gasteiger partial charge in [0.15, 0.2) is 5.16 Å². The van der Waals surface area contributed by atoms with Gasteiger partial charge in [-0.15, -0.1) is 0 Å². The first kappa shape index (κ1) is 16.0. The summed E-state index contributed by atoms with van der Waals surface area (Å²) in [6, 6.07) is 5.97. The second-order valence-corrected chi connectivity index (χ2v) is 5.81. The predicted molar refractivity (Wildman–Crippen MR) is 86.8 cm³/mol. The topological polar surface area (TPSA) is 47.0 Å². The fraction of sp³-hybridized carbons (Fsp3) is 0.286. The van der Waals surface area contributed by atoms with E-state index in [-0.39, 0.29) is 5.82 Å². The molecule has 0 aliphatic rings. The lowest BCUT2D eigenvalue weighted by Crippen LogP contribution is -2.04. The number of nitrogens with one attached hydrogen (secondary N) is 1. The van der Waals surface area contributed by atoms with Crippen molar-refractivity contribution < 1.29 is 9.13 Å². The van der Waals surface area contributed by atoms with Crippen molar-refractivity contribution in [2.45, 2.75) is 18.5 Å². The van der Waals surface area contributed by atoms with Crippen molar-refractivity contribution in [1.29, 1.82) is 0 Å². The third-order valence-electron chi connectivity index (χ3n) is 2.53. The Morgan fingerprint density at radius 3 is 2.81 bits per heavy atom. The highest BCUT2D eigenvalue weighted by molar-refractivity contribution is 9.10. The van der Waals surface area contributed by atoms with Crippen molar-refractivity contribution in [2.24, 2.45) is 0 Å². The van der Waals surface area contributed by atoms with Crippen LogP contribution >= 0.6 is 27.7 Å². The molecule has 0 amide bonds. The van der Waals surface area contributed by atoms with Crippen LogP contribution in [-0.4, -0.2) is 22.8 Å². The Balaban J connectivity index is 2.25. The molecule has 2 rings (SSSR count). The van der Waals surface area contributed by atoms with Crippen molar-refractivity contribution in [3.8, 4) is 11.6 Å². The van der Waals surface area contributed by atoms with Gasteiger partial charge < -0.3 is 10.1 Å². The van der Waals surface area contributed by atoms with Gasteiger partial charge in [0.2, 0.25) is 5.88 Å². The zero-order valence-electron chi connectivity index (χ0n) is 11.7. The Bertz CT molecular complexity index is 627. The molecule has 0 saturated carbocycles. The van der Waals surface area contributed by atoms with Crippen molar-refractivity contribution in [2.75, 3.05) is 18.1 Å². The van der Waals surface area contributed by atoms with E-state index in [1.54, 1.807) is 12.1 Å². The molecule has 1 heterocycles. The Kier molecular flexibility index (Phi) is 5.81. The maximum absolute atomic E-state index is 13.1. The van der Waals surface area contributed by atoms with Crippen LogP contribution in [0.5, 0.6) is 11.6 Å². The van der Waals surface area contributed by atoms with Gasteiger partial charge in [0.25, 0.3) is 0 Å². The molecule has 7 heteroatoms. The van der Waals surface area contributed by atoms with Gasteiger partial charge in [-0.2, -0.15) is 4.98 Å². The van der Waals surface area contributed by atoms with E-state index in [1.807, 2.05) is 6.26 Å². The highest BCUT2D eigenvalue weighted by Gasteiger charge is 2.09. The first-order chi connectivity index (χ1) is 10.1. The summed E-state index contributed by atoms with van der Waals surface area (Å²) in [6.45, 7) is 2.90. The van der Waals surface area contributed by atoms with E-state index >= 15 is 0 Å². The number of aromatic nitrogens is 2. The lowest BCUT2D eigenvalue weighted by molar-refractivity contribution is 0.451. The summed E-state index contributed by atoms with van der Waals surface area (Å²) in [5.74, 6) is 1.31. The molecule has 2 aromatic rings. The van der Waals surface area contributed by atoms with E-state index in [4.69, 9.17) is 4.74 Å². The first-order valence-electron chi connectivity index (χ1n) is 6.42. The molecular formula is C14H15BrFN3OS. The molecule has 0 aliphatic heterocycles. The summed E-state index contributed by atoms with van der Waals surface area (Å²) in [4.78, 5) is 8.65. The van der Waals surface area contributed by atoms with Gasteiger partial charge in [0.05, 0.1) is 4.47 Å². The fourth-order valence-electron chi connectivity index (χ4n) is 1.56. The zero-order valence-corrected chi connectivity index (χ0v) is 14.1. The number of rotatable bonds is 6. The largest absolute Gasteiger partial charge is 0.438 e.